The van der Waals surface area contributed by atoms with Crippen LogP contribution in [0.2, 0.25) is 0 Å². The molecule has 1 aliphatic heterocycles. The highest BCUT2D eigenvalue weighted by atomic mass is 32.2. The molecule has 31 heavy (non-hydrogen) atoms. The maximum absolute atomic E-state index is 14.1. The third kappa shape index (κ3) is 5.75. The van der Waals surface area contributed by atoms with Gasteiger partial charge < -0.3 is 10.1 Å². The second kappa shape index (κ2) is 8.76. The van der Waals surface area contributed by atoms with Crippen molar-refractivity contribution >= 4 is 21.8 Å². The lowest BCUT2D eigenvalue weighted by Crippen LogP contribution is -2.28. The SMILES string of the molecule is O=C1NC(=O)C(CCCCCS(=O)(=O)CC2(c3ccc(F)c(OCC4CC4)c3)CC2)N1. The van der Waals surface area contributed by atoms with Gasteiger partial charge in [0, 0.05) is 5.41 Å². The number of nitrogens with one attached hydrogen (secondary N) is 2. The van der Waals surface area contributed by atoms with Gasteiger partial charge in [-0.1, -0.05) is 18.9 Å². The molecule has 2 N–H and O–H groups in total. The molecule has 4 rings (SSSR count). The summed E-state index contributed by atoms with van der Waals surface area (Å²) >= 11 is 0. The molecular weight excluding hydrogens is 423 g/mol. The number of halogens is 1. The fourth-order valence-corrected chi connectivity index (χ4v) is 6.19. The topological polar surface area (TPSA) is 102 Å². The molecule has 1 saturated heterocycles. The highest BCUT2D eigenvalue weighted by Crippen LogP contribution is 2.50. The van der Waals surface area contributed by atoms with Crippen molar-refractivity contribution in [2.24, 2.45) is 5.92 Å². The molecule has 1 aromatic carbocycles. The van der Waals surface area contributed by atoms with E-state index in [0.717, 1.165) is 31.2 Å². The first-order valence-electron chi connectivity index (χ1n) is 11.0. The van der Waals surface area contributed by atoms with Gasteiger partial charge in [-0.15, -0.1) is 0 Å². The fraction of sp³-hybridized carbons (Fsp3) is 0.636. The van der Waals surface area contributed by atoms with E-state index < -0.39 is 33.1 Å². The van der Waals surface area contributed by atoms with Crippen LogP contribution in [-0.4, -0.2) is 44.5 Å². The number of benzene rings is 1. The van der Waals surface area contributed by atoms with E-state index in [9.17, 15) is 22.4 Å². The molecule has 3 amide bonds. The second-order valence-electron chi connectivity index (χ2n) is 9.14. The summed E-state index contributed by atoms with van der Waals surface area (Å²) in [6, 6.07) is 3.74. The van der Waals surface area contributed by atoms with Gasteiger partial charge in [-0.25, -0.2) is 17.6 Å². The van der Waals surface area contributed by atoms with Crippen molar-refractivity contribution in [1.29, 1.82) is 0 Å². The number of ether oxygens (including phenoxy) is 1. The molecular formula is C22H29FN2O5S. The third-order valence-electron chi connectivity index (χ3n) is 6.37. The fourth-order valence-electron chi connectivity index (χ4n) is 4.11. The summed E-state index contributed by atoms with van der Waals surface area (Å²) in [5.41, 5.74) is 0.405. The normalized spacial score (nSPS) is 22.2. The number of hydrogen-bond donors (Lipinski definition) is 2. The Morgan fingerprint density at radius 3 is 2.55 bits per heavy atom. The predicted molar refractivity (Wildman–Crippen MR) is 113 cm³/mol. The molecule has 0 radical (unpaired) electrons. The van der Waals surface area contributed by atoms with Gasteiger partial charge in [0.05, 0.1) is 18.1 Å². The van der Waals surface area contributed by atoms with Crippen LogP contribution in [0.1, 0.15) is 56.9 Å². The minimum atomic E-state index is -3.27. The molecule has 2 saturated carbocycles. The molecule has 1 unspecified atom stereocenters. The minimum absolute atomic E-state index is 0.0643. The maximum Gasteiger partial charge on any atom is 0.322 e. The Morgan fingerprint density at radius 1 is 1.13 bits per heavy atom. The van der Waals surface area contributed by atoms with Crippen LogP contribution in [0.15, 0.2) is 18.2 Å². The minimum Gasteiger partial charge on any atom is -0.490 e. The van der Waals surface area contributed by atoms with E-state index >= 15 is 0 Å². The Kier molecular flexibility index (Phi) is 6.23. The maximum atomic E-state index is 14.1. The van der Waals surface area contributed by atoms with E-state index in [4.69, 9.17) is 4.74 Å². The Morgan fingerprint density at radius 2 is 1.90 bits per heavy atom. The summed E-state index contributed by atoms with van der Waals surface area (Å²) < 4.78 is 45.2. The quantitative estimate of drug-likeness (QED) is 0.375. The molecule has 3 aliphatic rings. The van der Waals surface area contributed by atoms with Crippen LogP contribution in [0, 0.1) is 11.7 Å². The smallest absolute Gasteiger partial charge is 0.322 e. The number of hydrogen-bond acceptors (Lipinski definition) is 5. The Hall–Kier alpha value is -2.16. The molecule has 7 nitrogen and oxygen atoms in total. The van der Waals surface area contributed by atoms with Gasteiger partial charge in [0.2, 0.25) is 0 Å². The van der Waals surface area contributed by atoms with Gasteiger partial charge in [-0.05, 0) is 62.1 Å². The highest BCUT2D eigenvalue weighted by molar-refractivity contribution is 7.91. The van der Waals surface area contributed by atoms with Crippen molar-refractivity contribution in [3.8, 4) is 5.75 Å². The van der Waals surface area contributed by atoms with Gasteiger partial charge in [-0.2, -0.15) is 0 Å². The average Bonchev–Trinajstić information content (AvgIpc) is 3.62. The van der Waals surface area contributed by atoms with Crippen LogP contribution in [0.25, 0.3) is 0 Å². The number of imide groups is 1. The van der Waals surface area contributed by atoms with E-state index in [1.54, 1.807) is 12.1 Å². The van der Waals surface area contributed by atoms with Crippen LogP contribution in [0.4, 0.5) is 9.18 Å². The number of urea groups is 1. The van der Waals surface area contributed by atoms with E-state index in [0.29, 0.717) is 38.2 Å². The lowest BCUT2D eigenvalue weighted by atomic mass is 9.98. The standard InChI is InChI=1S/C22H29FN2O5S/c23-17-8-7-16(12-19(17)30-13-15-5-6-15)22(9-10-22)14-31(28,29)11-3-1-2-4-18-20(26)25-21(27)24-18/h7-8,12,15,18H,1-6,9-11,13-14H2,(H2,24,25,26,27). The van der Waals surface area contributed by atoms with E-state index in [1.807, 2.05) is 0 Å². The molecule has 0 aromatic heterocycles. The summed E-state index contributed by atoms with van der Waals surface area (Å²) in [5.74, 6) is 0.149. The summed E-state index contributed by atoms with van der Waals surface area (Å²) in [6.07, 6.45) is 6.13. The van der Waals surface area contributed by atoms with Gasteiger partial charge in [0.15, 0.2) is 21.4 Å². The Labute approximate surface area is 182 Å². The second-order valence-corrected chi connectivity index (χ2v) is 11.3. The van der Waals surface area contributed by atoms with E-state index in [1.165, 1.54) is 6.07 Å². The molecule has 3 fully saturated rings. The number of unbranched alkanes of at least 4 members (excludes halogenated alkanes) is 2. The van der Waals surface area contributed by atoms with Crippen molar-refractivity contribution in [2.45, 2.75) is 62.8 Å². The summed E-state index contributed by atoms with van der Waals surface area (Å²) in [6.45, 7) is 0.512. The van der Waals surface area contributed by atoms with Crippen molar-refractivity contribution in [3.63, 3.8) is 0 Å². The first-order chi connectivity index (χ1) is 14.8. The van der Waals surface area contributed by atoms with E-state index in [-0.39, 0.29) is 23.2 Å². The van der Waals surface area contributed by atoms with Gasteiger partial charge in [0.1, 0.15) is 6.04 Å². The lowest BCUT2D eigenvalue weighted by molar-refractivity contribution is -0.120. The summed E-state index contributed by atoms with van der Waals surface area (Å²) in [7, 11) is -3.27. The summed E-state index contributed by atoms with van der Waals surface area (Å²) in [5, 5.41) is 4.73. The molecule has 1 aromatic rings. The van der Waals surface area contributed by atoms with Crippen molar-refractivity contribution in [3.05, 3.63) is 29.6 Å². The predicted octanol–water partition coefficient (Wildman–Crippen LogP) is 2.83. The molecule has 2 aliphatic carbocycles. The van der Waals surface area contributed by atoms with Crippen LogP contribution in [-0.2, 0) is 20.0 Å². The third-order valence-corrected chi connectivity index (χ3v) is 8.27. The highest BCUT2D eigenvalue weighted by Gasteiger charge is 2.47. The van der Waals surface area contributed by atoms with Crippen molar-refractivity contribution < 1.29 is 27.1 Å². The number of rotatable bonds is 12. The number of sulfone groups is 1. The molecule has 170 valence electrons. The summed E-state index contributed by atoms with van der Waals surface area (Å²) in [4.78, 5) is 22.6. The first kappa shape index (κ1) is 22.0. The zero-order chi connectivity index (χ0) is 22.1. The first-order valence-corrected chi connectivity index (χ1v) is 12.8. The average molecular weight is 453 g/mol. The number of carbonyl (C=O) groups excluding carboxylic acids is 2. The monoisotopic (exact) mass is 452 g/mol. The van der Waals surface area contributed by atoms with Gasteiger partial charge in [0.25, 0.3) is 5.91 Å². The zero-order valence-electron chi connectivity index (χ0n) is 17.5. The van der Waals surface area contributed by atoms with Crippen LogP contribution < -0.4 is 15.4 Å². The van der Waals surface area contributed by atoms with Gasteiger partial charge in [-0.3, -0.25) is 10.1 Å². The van der Waals surface area contributed by atoms with Crippen LogP contribution in [0.5, 0.6) is 5.75 Å². The Balaban J connectivity index is 1.26. The molecule has 0 bridgehead atoms. The number of carbonyl (C=O) groups is 2. The molecule has 0 spiro atoms. The molecule has 9 heteroatoms. The molecule has 1 atom stereocenters. The molecule has 1 heterocycles. The Bertz CT molecular complexity index is 957. The number of amides is 3. The van der Waals surface area contributed by atoms with Crippen molar-refractivity contribution in [1.82, 2.24) is 10.6 Å². The largest absolute Gasteiger partial charge is 0.490 e. The zero-order valence-corrected chi connectivity index (χ0v) is 18.3. The van der Waals surface area contributed by atoms with Crippen LogP contribution >= 0.6 is 0 Å². The van der Waals surface area contributed by atoms with Gasteiger partial charge >= 0.3 is 6.03 Å². The van der Waals surface area contributed by atoms with Crippen molar-refractivity contribution in [2.75, 3.05) is 18.1 Å². The lowest BCUT2D eigenvalue weighted by Gasteiger charge is -2.18. The van der Waals surface area contributed by atoms with E-state index in [2.05, 4.69) is 10.6 Å². The van der Waals surface area contributed by atoms with Crippen LogP contribution in [0.3, 0.4) is 0 Å².